The second-order valence-corrected chi connectivity index (χ2v) is 14.3. The molecule has 1 saturated heterocycles. The van der Waals surface area contributed by atoms with E-state index in [1.165, 1.54) is 4.80 Å². The van der Waals surface area contributed by atoms with Gasteiger partial charge in [0.1, 0.15) is 23.4 Å². The minimum Gasteiger partial charge on any atom is -0.442 e. The van der Waals surface area contributed by atoms with E-state index in [9.17, 15) is 15.0 Å². The summed E-state index contributed by atoms with van der Waals surface area (Å²) < 4.78 is 5.36. The lowest BCUT2D eigenvalue weighted by Gasteiger charge is -2.25. The van der Waals surface area contributed by atoms with Gasteiger partial charge >= 0.3 is 6.09 Å². The van der Waals surface area contributed by atoms with Crippen LogP contribution in [0.1, 0.15) is 88.0 Å². The van der Waals surface area contributed by atoms with Gasteiger partial charge in [-0.05, 0) is 56.9 Å². The van der Waals surface area contributed by atoms with Crippen molar-refractivity contribution in [2.45, 2.75) is 89.6 Å². The molecule has 3 N–H and O–H groups in total. The van der Waals surface area contributed by atoms with Crippen LogP contribution in [0.3, 0.4) is 0 Å². The van der Waals surface area contributed by atoms with Gasteiger partial charge in [0, 0.05) is 56.2 Å². The Labute approximate surface area is 304 Å². The third kappa shape index (κ3) is 8.51. The summed E-state index contributed by atoms with van der Waals surface area (Å²) in [5, 5.41) is 39.2. The fraction of sp³-hybridized carbons (Fsp3) is 0.474. The number of carbonyl (C=O) groups excluding carboxylic acids is 1. The van der Waals surface area contributed by atoms with Crippen LogP contribution >= 0.6 is 0 Å². The standard InChI is InChI=1S/C38H48N10O4/c1-6-30-44-46-48(45-30)29-20-27(33(49)34(29)50)31-32(39-7-2)35(40-22-28(25-14-10-8-11-15-25)26-16-12-9-13-17-26)43-36(42-31)47-19-18-24(23-47)21-41-37(51)52-38(3,4)5/h7-17,21,24,27-29,33-34,49-50H,6,18-20,22-23H2,1-5H3,(H,40,42,43)/b39-7?,41-21+/t24-,27-,29-,33-,34+/m0/s1. The highest BCUT2D eigenvalue weighted by molar-refractivity contribution is 5.81. The first-order valence-electron chi connectivity index (χ1n) is 18.0. The fourth-order valence-electron chi connectivity index (χ4n) is 6.83. The third-order valence-electron chi connectivity index (χ3n) is 9.41. The molecule has 1 saturated carbocycles. The minimum atomic E-state index is -1.17. The topological polar surface area (TPSA) is 176 Å². The number of ether oxygens (including phenoxy) is 1. The van der Waals surface area contributed by atoms with Crippen molar-refractivity contribution in [2.24, 2.45) is 15.9 Å². The Kier molecular flexibility index (Phi) is 11.3. The number of aryl methyl sites for hydroxylation is 1. The molecule has 1 aliphatic heterocycles. The monoisotopic (exact) mass is 708 g/mol. The quantitative estimate of drug-likeness (QED) is 0.173. The van der Waals surface area contributed by atoms with Crippen LogP contribution < -0.4 is 10.2 Å². The molecule has 14 nitrogen and oxygen atoms in total. The van der Waals surface area contributed by atoms with Crippen molar-refractivity contribution in [2.75, 3.05) is 29.9 Å². The summed E-state index contributed by atoms with van der Waals surface area (Å²) in [5.74, 6) is 0.884. The fourth-order valence-corrected chi connectivity index (χ4v) is 6.83. The first-order chi connectivity index (χ1) is 25.0. The zero-order chi connectivity index (χ0) is 36.8. The molecule has 0 bridgehead atoms. The van der Waals surface area contributed by atoms with Gasteiger partial charge in [0.2, 0.25) is 5.95 Å². The number of amides is 1. The number of aliphatic hydroxyl groups excluding tert-OH is 2. The van der Waals surface area contributed by atoms with Gasteiger partial charge in [-0.2, -0.15) is 14.8 Å². The predicted molar refractivity (Wildman–Crippen MR) is 200 cm³/mol. The van der Waals surface area contributed by atoms with Crippen molar-refractivity contribution in [3.05, 3.63) is 83.3 Å². The molecule has 52 heavy (non-hydrogen) atoms. The van der Waals surface area contributed by atoms with Crippen LogP contribution in [0.4, 0.5) is 22.2 Å². The van der Waals surface area contributed by atoms with Crippen molar-refractivity contribution in [1.29, 1.82) is 0 Å². The lowest BCUT2D eigenvalue weighted by atomic mass is 9.91. The number of rotatable bonds is 11. The molecule has 0 radical (unpaired) electrons. The average Bonchev–Trinajstić information content (AvgIpc) is 3.88. The molecule has 5 atom stereocenters. The summed E-state index contributed by atoms with van der Waals surface area (Å²) in [6.07, 6.45) is 2.02. The summed E-state index contributed by atoms with van der Waals surface area (Å²) in [7, 11) is 0. The lowest BCUT2D eigenvalue weighted by molar-refractivity contribution is 0.0119. The first kappa shape index (κ1) is 36.7. The molecular formula is C38H48N10O4. The number of nitrogens with one attached hydrogen (secondary N) is 1. The van der Waals surface area contributed by atoms with Gasteiger partial charge in [-0.15, -0.1) is 10.2 Å². The summed E-state index contributed by atoms with van der Waals surface area (Å²) in [6, 6.07) is 20.0. The molecule has 0 spiro atoms. The molecular weight excluding hydrogens is 660 g/mol. The number of anilines is 2. The smallest absolute Gasteiger partial charge is 0.433 e. The molecule has 0 unspecified atom stereocenters. The largest absolute Gasteiger partial charge is 0.442 e. The van der Waals surface area contributed by atoms with Crippen molar-refractivity contribution >= 4 is 36.0 Å². The Hall–Kier alpha value is -5.08. The van der Waals surface area contributed by atoms with E-state index in [4.69, 9.17) is 19.7 Å². The van der Waals surface area contributed by atoms with Crippen molar-refractivity contribution < 1.29 is 19.7 Å². The predicted octanol–water partition coefficient (Wildman–Crippen LogP) is 5.27. The number of carbonyl (C=O) groups is 1. The van der Waals surface area contributed by atoms with Gasteiger partial charge in [0.15, 0.2) is 11.6 Å². The number of aliphatic hydroxyl groups is 2. The van der Waals surface area contributed by atoms with Crippen LogP contribution in [-0.4, -0.2) is 96.4 Å². The molecule has 3 heterocycles. The number of tetrazole rings is 1. The summed E-state index contributed by atoms with van der Waals surface area (Å²) in [4.78, 5) is 34.7. The maximum atomic E-state index is 12.3. The number of aromatic nitrogens is 6. The number of hydrogen-bond donors (Lipinski definition) is 3. The van der Waals surface area contributed by atoms with E-state index < -0.39 is 35.9 Å². The Bertz CT molecular complexity index is 1820. The molecule has 1 amide bonds. The second-order valence-electron chi connectivity index (χ2n) is 14.3. The zero-order valence-electron chi connectivity index (χ0n) is 30.4. The van der Waals surface area contributed by atoms with Gasteiger partial charge in [0.05, 0.1) is 11.8 Å². The molecule has 1 aliphatic carbocycles. The highest BCUT2D eigenvalue weighted by atomic mass is 16.6. The van der Waals surface area contributed by atoms with Gasteiger partial charge in [-0.1, -0.05) is 67.6 Å². The molecule has 14 heteroatoms. The summed E-state index contributed by atoms with van der Waals surface area (Å²) >= 11 is 0. The highest BCUT2D eigenvalue weighted by Gasteiger charge is 2.46. The Morgan fingerprint density at radius 3 is 2.37 bits per heavy atom. The molecule has 2 fully saturated rings. The molecule has 4 aromatic rings. The summed E-state index contributed by atoms with van der Waals surface area (Å²) in [5.41, 5.74) is 2.66. The highest BCUT2D eigenvalue weighted by Crippen LogP contribution is 2.46. The van der Waals surface area contributed by atoms with E-state index in [1.807, 2.05) is 55.1 Å². The average molecular weight is 709 g/mol. The molecule has 274 valence electrons. The Morgan fingerprint density at radius 2 is 1.75 bits per heavy atom. The van der Waals surface area contributed by atoms with E-state index in [-0.39, 0.29) is 11.8 Å². The lowest BCUT2D eigenvalue weighted by Crippen LogP contribution is -2.30. The maximum Gasteiger partial charge on any atom is 0.433 e. The van der Waals surface area contributed by atoms with Gasteiger partial charge < -0.3 is 25.2 Å². The van der Waals surface area contributed by atoms with Crippen molar-refractivity contribution in [3.8, 4) is 0 Å². The molecule has 2 aliphatic rings. The van der Waals surface area contributed by atoms with Gasteiger partial charge in [-0.3, -0.25) is 4.99 Å². The van der Waals surface area contributed by atoms with Crippen LogP contribution in [0.25, 0.3) is 0 Å². The SMILES string of the molecule is CC=Nc1c(NCC(c2ccccc2)c2ccccc2)nc(N2CC[C@@H](/C=N/C(=O)OC(C)(C)C)C2)nc1[C@@H]1C[C@H](n2nnc(CC)n2)[C@@H](O)[C@H]1O. The molecule has 6 rings (SSSR count). The Balaban J connectivity index is 1.36. The minimum absolute atomic E-state index is 0.00243. The third-order valence-corrected chi connectivity index (χ3v) is 9.41. The zero-order valence-corrected chi connectivity index (χ0v) is 30.4. The van der Waals surface area contributed by atoms with Crippen LogP contribution in [0.2, 0.25) is 0 Å². The first-order valence-corrected chi connectivity index (χ1v) is 18.0. The number of hydrogen-bond acceptors (Lipinski definition) is 12. The Morgan fingerprint density at radius 1 is 1.06 bits per heavy atom. The number of nitrogens with zero attached hydrogens (tertiary/aromatic N) is 9. The van der Waals surface area contributed by atoms with E-state index >= 15 is 0 Å². The van der Waals surface area contributed by atoms with E-state index in [0.29, 0.717) is 61.4 Å². The maximum absolute atomic E-state index is 12.3. The molecule has 2 aromatic heterocycles. The van der Waals surface area contributed by atoms with E-state index in [1.54, 1.807) is 33.2 Å². The molecule has 2 aromatic carbocycles. The normalized spacial score (nSPS) is 22.2. The van der Waals surface area contributed by atoms with Crippen molar-refractivity contribution in [1.82, 2.24) is 30.2 Å². The number of benzene rings is 2. The van der Waals surface area contributed by atoms with Crippen LogP contribution in [-0.2, 0) is 11.2 Å². The van der Waals surface area contributed by atoms with Crippen molar-refractivity contribution in [3.63, 3.8) is 0 Å². The van der Waals surface area contributed by atoms with Gasteiger partial charge in [-0.25, -0.2) is 9.78 Å². The van der Waals surface area contributed by atoms with Crippen LogP contribution in [0, 0.1) is 5.92 Å². The van der Waals surface area contributed by atoms with Crippen LogP contribution in [0.5, 0.6) is 0 Å². The number of aliphatic imine (C=N–C) groups is 2. The summed E-state index contributed by atoms with van der Waals surface area (Å²) in [6.45, 7) is 10.8. The van der Waals surface area contributed by atoms with E-state index in [0.717, 1.165) is 17.5 Å². The van der Waals surface area contributed by atoms with Gasteiger partial charge in [0.25, 0.3) is 0 Å². The van der Waals surface area contributed by atoms with E-state index in [2.05, 4.69) is 50.0 Å². The second kappa shape index (κ2) is 16.1. The van der Waals surface area contributed by atoms with Crippen LogP contribution in [0.15, 0.2) is 70.6 Å².